The zero-order chi connectivity index (χ0) is 17.8. The Kier molecular flexibility index (Phi) is 5.97. The highest BCUT2D eigenvalue weighted by atomic mass is 16.5. The van der Waals surface area contributed by atoms with Crippen LogP contribution in [-0.2, 0) is 19.1 Å². The second-order valence-electron chi connectivity index (χ2n) is 7.61. The maximum Gasteiger partial charge on any atom is 0.310 e. The number of carbonyl (C=O) groups excluding carboxylic acids is 3. The predicted octanol–water partition coefficient (Wildman–Crippen LogP) is 1.97. The Labute approximate surface area is 149 Å². The number of hydrogen-bond donors (Lipinski definition) is 0. The normalized spacial score (nSPS) is 28.3. The van der Waals surface area contributed by atoms with E-state index in [0.29, 0.717) is 38.7 Å². The lowest BCUT2D eigenvalue weighted by Crippen LogP contribution is -2.46. The van der Waals surface area contributed by atoms with Crippen molar-refractivity contribution in [2.75, 3.05) is 26.2 Å². The first-order valence-corrected chi connectivity index (χ1v) is 9.85. The van der Waals surface area contributed by atoms with Crippen LogP contribution in [0.4, 0.5) is 0 Å². The van der Waals surface area contributed by atoms with Crippen molar-refractivity contribution in [2.24, 2.45) is 11.8 Å². The molecule has 0 N–H and O–H groups in total. The molecule has 0 spiro atoms. The highest BCUT2D eigenvalue weighted by molar-refractivity contribution is 5.89. The van der Waals surface area contributed by atoms with Gasteiger partial charge in [-0.3, -0.25) is 14.4 Å². The summed E-state index contributed by atoms with van der Waals surface area (Å²) in [5.41, 5.74) is 0. The van der Waals surface area contributed by atoms with Crippen LogP contribution in [0.1, 0.15) is 58.3 Å². The number of ether oxygens (including phenoxy) is 1. The Balaban J connectivity index is 1.57. The fourth-order valence-corrected chi connectivity index (χ4v) is 4.53. The first-order valence-electron chi connectivity index (χ1n) is 9.85. The Morgan fingerprint density at radius 2 is 1.80 bits per heavy atom. The van der Waals surface area contributed by atoms with Gasteiger partial charge in [-0.25, -0.2) is 0 Å². The van der Waals surface area contributed by atoms with Crippen LogP contribution in [0, 0.1) is 11.8 Å². The summed E-state index contributed by atoms with van der Waals surface area (Å²) in [5, 5.41) is 0. The minimum atomic E-state index is -0.240. The number of piperidine rings is 1. The number of esters is 1. The van der Waals surface area contributed by atoms with E-state index in [2.05, 4.69) is 0 Å². The largest absolute Gasteiger partial charge is 0.466 e. The average Bonchev–Trinajstić information content (AvgIpc) is 3.04. The lowest BCUT2D eigenvalue weighted by atomic mass is 9.94. The molecule has 0 aromatic rings. The van der Waals surface area contributed by atoms with E-state index in [1.807, 2.05) is 4.90 Å². The number of amides is 2. The lowest BCUT2D eigenvalue weighted by molar-refractivity contribution is -0.152. The first kappa shape index (κ1) is 18.2. The van der Waals surface area contributed by atoms with Crippen molar-refractivity contribution < 1.29 is 19.1 Å². The second-order valence-corrected chi connectivity index (χ2v) is 7.61. The van der Waals surface area contributed by atoms with Gasteiger partial charge in [-0.2, -0.15) is 0 Å². The maximum atomic E-state index is 12.9. The summed E-state index contributed by atoms with van der Waals surface area (Å²) >= 11 is 0. The third kappa shape index (κ3) is 4.15. The molecular formula is C19H30N2O4. The smallest absolute Gasteiger partial charge is 0.310 e. The number of hydrogen-bond acceptors (Lipinski definition) is 4. The van der Waals surface area contributed by atoms with Crippen molar-refractivity contribution in [3.05, 3.63) is 0 Å². The summed E-state index contributed by atoms with van der Waals surface area (Å²) in [6.07, 6.45) is 7.69. The molecule has 0 aromatic heterocycles. The standard InChI is InChI=1S/C19H30N2O4/c1-2-25-19(24)14-7-6-10-20(12-14)18(23)15-11-17(22)21(13-15)16-8-4-3-5-9-16/h14-16H,2-13H2,1H3/t14-,15-/m0/s1. The molecule has 0 unspecified atom stereocenters. The van der Waals surface area contributed by atoms with Gasteiger partial charge >= 0.3 is 5.97 Å². The summed E-state index contributed by atoms with van der Waals surface area (Å²) in [6.45, 7) is 3.85. The number of carbonyl (C=O) groups is 3. The molecule has 3 aliphatic rings. The van der Waals surface area contributed by atoms with Gasteiger partial charge in [-0.1, -0.05) is 19.3 Å². The molecule has 25 heavy (non-hydrogen) atoms. The molecule has 6 nitrogen and oxygen atoms in total. The highest BCUT2D eigenvalue weighted by Gasteiger charge is 2.41. The Morgan fingerprint density at radius 1 is 1.04 bits per heavy atom. The second kappa shape index (κ2) is 8.19. The summed E-state index contributed by atoms with van der Waals surface area (Å²) in [4.78, 5) is 41.0. The SMILES string of the molecule is CCOC(=O)[C@H]1CCCN(C(=O)[C@H]2CC(=O)N(C3CCCCC3)C2)C1. The van der Waals surface area contributed by atoms with E-state index in [9.17, 15) is 14.4 Å². The predicted molar refractivity (Wildman–Crippen MR) is 92.6 cm³/mol. The number of likely N-dealkylation sites (tertiary alicyclic amines) is 2. The summed E-state index contributed by atoms with van der Waals surface area (Å²) in [6, 6.07) is 0.327. The van der Waals surface area contributed by atoms with Crippen LogP contribution in [0.2, 0.25) is 0 Å². The van der Waals surface area contributed by atoms with E-state index in [1.54, 1.807) is 11.8 Å². The molecule has 3 fully saturated rings. The minimum Gasteiger partial charge on any atom is -0.466 e. The zero-order valence-electron chi connectivity index (χ0n) is 15.2. The van der Waals surface area contributed by atoms with Crippen LogP contribution in [-0.4, -0.2) is 59.9 Å². The third-order valence-corrected chi connectivity index (χ3v) is 5.88. The number of nitrogens with zero attached hydrogens (tertiary/aromatic N) is 2. The van der Waals surface area contributed by atoms with E-state index in [4.69, 9.17) is 4.74 Å². The van der Waals surface area contributed by atoms with Gasteiger partial charge in [0, 0.05) is 32.1 Å². The quantitative estimate of drug-likeness (QED) is 0.727. The molecule has 140 valence electrons. The Morgan fingerprint density at radius 3 is 2.52 bits per heavy atom. The minimum absolute atomic E-state index is 0.0423. The molecule has 2 amide bonds. The number of rotatable bonds is 4. The summed E-state index contributed by atoms with van der Waals surface area (Å²) < 4.78 is 5.11. The Hall–Kier alpha value is -1.59. The molecular weight excluding hydrogens is 320 g/mol. The van der Waals surface area contributed by atoms with Gasteiger partial charge in [-0.15, -0.1) is 0 Å². The molecule has 1 saturated carbocycles. The fourth-order valence-electron chi connectivity index (χ4n) is 4.53. The van der Waals surface area contributed by atoms with Gasteiger partial charge in [0.2, 0.25) is 11.8 Å². The van der Waals surface area contributed by atoms with Crippen molar-refractivity contribution in [3.63, 3.8) is 0 Å². The van der Waals surface area contributed by atoms with Gasteiger partial charge < -0.3 is 14.5 Å². The molecule has 3 rings (SSSR count). The first-order chi connectivity index (χ1) is 12.1. The highest BCUT2D eigenvalue weighted by Crippen LogP contribution is 2.30. The van der Waals surface area contributed by atoms with E-state index in [1.165, 1.54) is 19.3 Å². The summed E-state index contributed by atoms with van der Waals surface area (Å²) in [7, 11) is 0. The van der Waals surface area contributed by atoms with E-state index >= 15 is 0 Å². The van der Waals surface area contributed by atoms with Crippen molar-refractivity contribution in [3.8, 4) is 0 Å². The van der Waals surface area contributed by atoms with Crippen LogP contribution >= 0.6 is 0 Å². The van der Waals surface area contributed by atoms with Gasteiger partial charge in [-0.05, 0) is 32.6 Å². The third-order valence-electron chi connectivity index (χ3n) is 5.88. The van der Waals surface area contributed by atoms with Gasteiger partial charge in [0.15, 0.2) is 0 Å². The van der Waals surface area contributed by atoms with Crippen molar-refractivity contribution in [1.29, 1.82) is 0 Å². The molecule has 2 saturated heterocycles. The average molecular weight is 350 g/mol. The zero-order valence-corrected chi connectivity index (χ0v) is 15.2. The monoisotopic (exact) mass is 350 g/mol. The summed E-state index contributed by atoms with van der Waals surface area (Å²) in [5.74, 6) is -0.490. The molecule has 0 aromatic carbocycles. The van der Waals surface area contributed by atoms with Crippen molar-refractivity contribution >= 4 is 17.8 Å². The van der Waals surface area contributed by atoms with Crippen LogP contribution in [0.15, 0.2) is 0 Å². The maximum absolute atomic E-state index is 12.9. The topological polar surface area (TPSA) is 66.9 Å². The molecule has 2 heterocycles. The molecule has 2 atom stereocenters. The van der Waals surface area contributed by atoms with Crippen LogP contribution < -0.4 is 0 Å². The van der Waals surface area contributed by atoms with Crippen LogP contribution in [0.3, 0.4) is 0 Å². The fraction of sp³-hybridized carbons (Fsp3) is 0.842. The van der Waals surface area contributed by atoms with E-state index in [0.717, 1.165) is 25.7 Å². The molecule has 1 aliphatic carbocycles. The van der Waals surface area contributed by atoms with E-state index < -0.39 is 0 Å². The van der Waals surface area contributed by atoms with Crippen molar-refractivity contribution in [1.82, 2.24) is 9.80 Å². The lowest BCUT2D eigenvalue weighted by Gasteiger charge is -2.34. The van der Waals surface area contributed by atoms with Gasteiger partial charge in [0.1, 0.15) is 0 Å². The Bertz CT molecular complexity index is 516. The van der Waals surface area contributed by atoms with E-state index in [-0.39, 0.29) is 29.6 Å². The van der Waals surface area contributed by atoms with Gasteiger partial charge in [0.25, 0.3) is 0 Å². The van der Waals surface area contributed by atoms with Crippen molar-refractivity contribution in [2.45, 2.75) is 64.3 Å². The van der Waals surface area contributed by atoms with Crippen LogP contribution in [0.25, 0.3) is 0 Å². The molecule has 6 heteroatoms. The molecule has 0 radical (unpaired) electrons. The van der Waals surface area contributed by atoms with Gasteiger partial charge in [0.05, 0.1) is 18.4 Å². The molecule has 0 bridgehead atoms. The molecule has 2 aliphatic heterocycles. The van der Waals surface area contributed by atoms with Crippen LogP contribution in [0.5, 0.6) is 0 Å².